The summed E-state index contributed by atoms with van der Waals surface area (Å²) in [5.74, 6) is 0. The molecular weight excluding hydrogens is 238 g/mol. The Bertz CT molecular complexity index is 430. The average Bonchev–Trinajstić information content (AvgIpc) is 3.11. The zero-order valence-electron chi connectivity index (χ0n) is 11.1. The molecule has 4 nitrogen and oxygen atoms in total. The number of carbonyl (C=O) groups excluding carboxylic acids is 1. The van der Waals surface area contributed by atoms with Crippen LogP contribution < -0.4 is 10.6 Å². The van der Waals surface area contributed by atoms with E-state index in [1.54, 1.807) is 0 Å². The van der Waals surface area contributed by atoms with E-state index >= 15 is 0 Å². The van der Waals surface area contributed by atoms with E-state index in [0.717, 1.165) is 38.9 Å². The molecule has 0 radical (unpaired) electrons. The van der Waals surface area contributed by atoms with Gasteiger partial charge in [-0.15, -0.1) is 0 Å². The lowest BCUT2D eigenvalue weighted by Crippen LogP contribution is -2.44. The molecule has 0 bridgehead atoms. The summed E-state index contributed by atoms with van der Waals surface area (Å²) in [5.41, 5.74) is 1.34. The van der Waals surface area contributed by atoms with Crippen LogP contribution in [-0.4, -0.2) is 36.1 Å². The molecule has 1 heterocycles. The first-order valence-corrected chi connectivity index (χ1v) is 7.13. The number of nitrogens with one attached hydrogen (secondary N) is 2. The molecule has 1 aromatic carbocycles. The maximum atomic E-state index is 11.7. The Kier molecular flexibility index (Phi) is 3.69. The Balaban J connectivity index is 1.43. The van der Waals surface area contributed by atoms with Gasteiger partial charge < -0.3 is 10.6 Å². The fraction of sp³-hybridized carbons (Fsp3) is 0.533. The van der Waals surface area contributed by atoms with Crippen molar-refractivity contribution in [2.24, 2.45) is 0 Å². The predicted octanol–water partition coefficient (Wildman–Crippen LogP) is 1.72. The van der Waals surface area contributed by atoms with Crippen LogP contribution in [0.1, 0.15) is 24.8 Å². The van der Waals surface area contributed by atoms with Gasteiger partial charge in [-0.2, -0.15) is 0 Å². The van der Waals surface area contributed by atoms with Crippen molar-refractivity contribution in [3.05, 3.63) is 35.9 Å². The zero-order chi connectivity index (χ0) is 13.1. The van der Waals surface area contributed by atoms with E-state index in [9.17, 15) is 4.79 Å². The van der Waals surface area contributed by atoms with Crippen LogP contribution in [0.2, 0.25) is 0 Å². The van der Waals surface area contributed by atoms with Gasteiger partial charge in [-0.05, 0) is 24.8 Å². The van der Waals surface area contributed by atoms with Crippen LogP contribution in [0.4, 0.5) is 4.79 Å². The van der Waals surface area contributed by atoms with Crippen LogP contribution in [0.3, 0.4) is 0 Å². The van der Waals surface area contributed by atoms with Gasteiger partial charge in [0.25, 0.3) is 0 Å². The lowest BCUT2D eigenvalue weighted by molar-refractivity contribution is 0.235. The quantitative estimate of drug-likeness (QED) is 0.865. The zero-order valence-corrected chi connectivity index (χ0v) is 11.1. The molecule has 1 atom stereocenters. The Morgan fingerprint density at radius 2 is 1.84 bits per heavy atom. The highest BCUT2D eigenvalue weighted by molar-refractivity contribution is 5.74. The maximum Gasteiger partial charge on any atom is 0.315 e. The Morgan fingerprint density at radius 1 is 1.11 bits per heavy atom. The lowest BCUT2D eigenvalue weighted by atomic mass is 10.2. The third-order valence-corrected chi connectivity index (χ3v) is 3.77. The van der Waals surface area contributed by atoms with Crippen LogP contribution >= 0.6 is 0 Å². The largest absolute Gasteiger partial charge is 0.335 e. The molecule has 0 unspecified atom stereocenters. The monoisotopic (exact) mass is 259 g/mol. The molecule has 0 aromatic heterocycles. The molecule has 2 N–H and O–H groups in total. The van der Waals surface area contributed by atoms with Gasteiger partial charge in [0.05, 0.1) is 0 Å². The van der Waals surface area contributed by atoms with E-state index in [0.29, 0.717) is 12.1 Å². The minimum Gasteiger partial charge on any atom is -0.335 e. The highest BCUT2D eigenvalue weighted by Gasteiger charge is 2.27. The normalized spacial score (nSPS) is 23.3. The molecule has 4 heteroatoms. The van der Waals surface area contributed by atoms with Crippen molar-refractivity contribution in [3.8, 4) is 0 Å². The number of hydrogen-bond donors (Lipinski definition) is 2. The Labute approximate surface area is 114 Å². The topological polar surface area (TPSA) is 44.4 Å². The predicted molar refractivity (Wildman–Crippen MR) is 74.8 cm³/mol. The van der Waals surface area contributed by atoms with Crippen LogP contribution in [0.25, 0.3) is 0 Å². The molecule has 1 aliphatic heterocycles. The molecule has 1 saturated heterocycles. The summed E-state index contributed by atoms with van der Waals surface area (Å²) in [6.07, 6.45) is 3.32. The number of nitrogens with zero attached hydrogens (tertiary/aromatic N) is 1. The van der Waals surface area contributed by atoms with Crippen LogP contribution in [0.15, 0.2) is 30.3 Å². The molecule has 1 aliphatic carbocycles. The maximum absolute atomic E-state index is 11.7. The summed E-state index contributed by atoms with van der Waals surface area (Å²) >= 11 is 0. The molecule has 3 rings (SSSR count). The van der Waals surface area contributed by atoms with Gasteiger partial charge in [-0.1, -0.05) is 30.3 Å². The Morgan fingerprint density at radius 3 is 2.58 bits per heavy atom. The lowest BCUT2D eigenvalue weighted by Gasteiger charge is -2.17. The Hall–Kier alpha value is -1.55. The third-order valence-electron chi connectivity index (χ3n) is 3.77. The summed E-state index contributed by atoms with van der Waals surface area (Å²) in [5, 5.41) is 6.05. The van der Waals surface area contributed by atoms with Crippen LogP contribution in [-0.2, 0) is 6.54 Å². The number of benzene rings is 1. The van der Waals surface area contributed by atoms with E-state index in [1.807, 2.05) is 6.07 Å². The third kappa shape index (κ3) is 3.70. The van der Waals surface area contributed by atoms with Crippen molar-refractivity contribution >= 4 is 6.03 Å². The first kappa shape index (κ1) is 12.5. The van der Waals surface area contributed by atoms with Gasteiger partial charge in [-0.25, -0.2) is 4.79 Å². The first-order valence-electron chi connectivity index (χ1n) is 7.13. The second-order valence-electron chi connectivity index (χ2n) is 5.60. The van der Waals surface area contributed by atoms with Gasteiger partial charge in [0.15, 0.2) is 0 Å². The minimum atomic E-state index is 0.00839. The summed E-state index contributed by atoms with van der Waals surface area (Å²) in [6.45, 7) is 2.99. The molecule has 0 spiro atoms. The second kappa shape index (κ2) is 5.61. The smallest absolute Gasteiger partial charge is 0.315 e. The van der Waals surface area contributed by atoms with Gasteiger partial charge >= 0.3 is 6.03 Å². The SMILES string of the molecule is O=C(NC1CC1)N[C@H]1CCN(Cc2ccccc2)C1. The van der Waals surface area contributed by atoms with E-state index in [1.165, 1.54) is 5.56 Å². The minimum absolute atomic E-state index is 0.00839. The fourth-order valence-corrected chi connectivity index (χ4v) is 2.58. The van der Waals surface area contributed by atoms with Gasteiger partial charge in [-0.3, -0.25) is 4.90 Å². The second-order valence-corrected chi connectivity index (χ2v) is 5.60. The van der Waals surface area contributed by atoms with E-state index in [4.69, 9.17) is 0 Å². The molecule has 2 fully saturated rings. The number of rotatable bonds is 4. The molecule has 1 aromatic rings. The van der Waals surface area contributed by atoms with Gasteiger partial charge in [0, 0.05) is 31.7 Å². The number of likely N-dealkylation sites (tertiary alicyclic amines) is 1. The van der Waals surface area contributed by atoms with Gasteiger partial charge in [0.2, 0.25) is 0 Å². The van der Waals surface area contributed by atoms with E-state index in [2.05, 4.69) is 39.8 Å². The van der Waals surface area contributed by atoms with E-state index in [-0.39, 0.29) is 6.03 Å². The molecule has 1 saturated carbocycles. The summed E-state index contributed by atoms with van der Waals surface area (Å²) < 4.78 is 0. The molecule has 19 heavy (non-hydrogen) atoms. The summed E-state index contributed by atoms with van der Waals surface area (Å²) in [4.78, 5) is 14.1. The van der Waals surface area contributed by atoms with Crippen molar-refractivity contribution in [1.29, 1.82) is 0 Å². The van der Waals surface area contributed by atoms with Crippen LogP contribution in [0, 0.1) is 0 Å². The number of hydrogen-bond acceptors (Lipinski definition) is 2. The fourth-order valence-electron chi connectivity index (χ4n) is 2.58. The standard InChI is InChI=1S/C15H21N3O/c19-15(16-13-6-7-13)17-14-8-9-18(11-14)10-12-4-2-1-3-5-12/h1-5,13-14H,6-11H2,(H2,16,17,19)/t14-/m0/s1. The molecule has 2 aliphatic rings. The first-order chi connectivity index (χ1) is 9.29. The van der Waals surface area contributed by atoms with Crippen molar-refractivity contribution in [1.82, 2.24) is 15.5 Å². The number of carbonyl (C=O) groups is 1. The van der Waals surface area contributed by atoms with E-state index < -0.39 is 0 Å². The molecule has 2 amide bonds. The van der Waals surface area contributed by atoms with Crippen molar-refractivity contribution in [3.63, 3.8) is 0 Å². The molecule has 102 valence electrons. The number of urea groups is 1. The molecular formula is C15H21N3O. The van der Waals surface area contributed by atoms with Crippen molar-refractivity contribution in [2.75, 3.05) is 13.1 Å². The van der Waals surface area contributed by atoms with Gasteiger partial charge in [0.1, 0.15) is 0 Å². The highest BCUT2D eigenvalue weighted by Crippen LogP contribution is 2.18. The van der Waals surface area contributed by atoms with Crippen molar-refractivity contribution in [2.45, 2.75) is 37.9 Å². The summed E-state index contributed by atoms with van der Waals surface area (Å²) in [6, 6.07) is 11.2. The van der Waals surface area contributed by atoms with Crippen LogP contribution in [0.5, 0.6) is 0 Å². The van der Waals surface area contributed by atoms with Crippen molar-refractivity contribution < 1.29 is 4.79 Å². The highest BCUT2D eigenvalue weighted by atomic mass is 16.2. The average molecular weight is 259 g/mol. The number of amides is 2. The summed E-state index contributed by atoms with van der Waals surface area (Å²) in [7, 11) is 0.